The molecule has 0 aromatic heterocycles. The van der Waals surface area contributed by atoms with Crippen LogP contribution in [0.5, 0.6) is 0 Å². The SMILES string of the molecule is N.O=S(=O)([O-])[O-].[Cu+2]. The topological polar surface area (TPSA) is 115 Å². The molecule has 0 amide bonds. The summed E-state index contributed by atoms with van der Waals surface area (Å²) in [6.07, 6.45) is 0. The van der Waals surface area contributed by atoms with Crippen LogP contribution in [0.3, 0.4) is 0 Å². The summed E-state index contributed by atoms with van der Waals surface area (Å²) in [4.78, 5) is 0. The van der Waals surface area contributed by atoms with Crippen molar-refractivity contribution in [3.8, 4) is 0 Å². The molecule has 0 saturated heterocycles. The van der Waals surface area contributed by atoms with Gasteiger partial charge in [0.2, 0.25) is 0 Å². The average molecular weight is 177 g/mol. The number of hydrogen-bond acceptors (Lipinski definition) is 5. The summed E-state index contributed by atoms with van der Waals surface area (Å²) in [5.41, 5.74) is 0. The van der Waals surface area contributed by atoms with E-state index in [1.165, 1.54) is 0 Å². The van der Waals surface area contributed by atoms with Crippen LogP contribution in [0.25, 0.3) is 0 Å². The van der Waals surface area contributed by atoms with Gasteiger partial charge in [-0.3, -0.25) is 8.42 Å². The maximum absolute atomic E-state index is 8.52. The van der Waals surface area contributed by atoms with Gasteiger partial charge in [0.15, 0.2) is 0 Å². The van der Waals surface area contributed by atoms with Crippen LogP contribution < -0.4 is 6.15 Å². The van der Waals surface area contributed by atoms with Crippen LogP contribution >= 0.6 is 0 Å². The Bertz CT molecular complexity index is 94.9. The molecule has 0 heterocycles. The Kier molecular flexibility index (Phi) is 10.1. The molecule has 7 heavy (non-hydrogen) atoms. The second-order valence-corrected chi connectivity index (χ2v) is 1.22. The van der Waals surface area contributed by atoms with E-state index in [1.54, 1.807) is 0 Å². The van der Waals surface area contributed by atoms with Crippen LogP contribution in [-0.2, 0) is 27.5 Å². The molecule has 1 radical (unpaired) electrons. The molecule has 0 aliphatic rings. The van der Waals surface area contributed by atoms with Crippen LogP contribution in [0.1, 0.15) is 0 Å². The maximum atomic E-state index is 8.52. The van der Waals surface area contributed by atoms with Gasteiger partial charge in [-0.15, -0.1) is 0 Å². The summed E-state index contributed by atoms with van der Waals surface area (Å²) in [7, 11) is -5.17. The van der Waals surface area contributed by atoms with E-state index < -0.39 is 10.4 Å². The van der Waals surface area contributed by atoms with Crippen molar-refractivity contribution < 1.29 is 34.6 Å². The van der Waals surface area contributed by atoms with Crippen molar-refractivity contribution in [3.63, 3.8) is 0 Å². The van der Waals surface area contributed by atoms with Crippen LogP contribution in [0.2, 0.25) is 0 Å². The predicted molar refractivity (Wildman–Crippen MR) is 15.5 cm³/mol. The summed E-state index contributed by atoms with van der Waals surface area (Å²) in [6, 6.07) is 0. The van der Waals surface area contributed by atoms with E-state index in [-0.39, 0.29) is 23.2 Å². The fourth-order valence-electron chi connectivity index (χ4n) is 0. The molecule has 0 aliphatic carbocycles. The molecule has 7 heteroatoms. The molecule has 0 unspecified atom stereocenters. The third kappa shape index (κ3) is 983. The minimum Gasteiger partial charge on any atom is -0.759 e. The van der Waals surface area contributed by atoms with Crippen molar-refractivity contribution in [3.05, 3.63) is 0 Å². The summed E-state index contributed by atoms with van der Waals surface area (Å²) in [6.45, 7) is 0. The third-order valence-electron chi connectivity index (χ3n) is 0. The van der Waals surface area contributed by atoms with E-state index in [4.69, 9.17) is 17.5 Å². The molecule has 0 bridgehead atoms. The second kappa shape index (κ2) is 4.51. The summed E-state index contributed by atoms with van der Waals surface area (Å²) in [5, 5.41) is 0. The summed E-state index contributed by atoms with van der Waals surface area (Å²) < 4.78 is 34.1. The molecule has 49 valence electrons. The Labute approximate surface area is 51.7 Å². The third-order valence-corrected chi connectivity index (χ3v) is 0. The predicted octanol–water partition coefficient (Wildman–Crippen LogP) is -1.18. The minimum absolute atomic E-state index is 0. The molecule has 0 spiro atoms. The molecule has 0 aliphatic heterocycles. The first-order chi connectivity index (χ1) is 2.00. The molecule has 0 atom stereocenters. The van der Waals surface area contributed by atoms with Gasteiger partial charge in [-0.1, -0.05) is 0 Å². The fourth-order valence-corrected chi connectivity index (χ4v) is 0. The molecule has 0 aromatic rings. The molecule has 0 rings (SSSR count). The molecule has 5 nitrogen and oxygen atoms in total. The first-order valence-electron chi connectivity index (χ1n) is 0.667. The van der Waals surface area contributed by atoms with Crippen molar-refractivity contribution in [1.82, 2.24) is 6.15 Å². The fraction of sp³-hybridized carbons (Fsp3) is 0. The molecule has 3 N–H and O–H groups in total. The average Bonchev–Trinajstić information content (AvgIpc) is 0.722. The van der Waals surface area contributed by atoms with Crippen molar-refractivity contribution in [2.45, 2.75) is 0 Å². The smallest absolute Gasteiger partial charge is 0.759 e. The van der Waals surface area contributed by atoms with Crippen LogP contribution in [0, 0.1) is 0 Å². The van der Waals surface area contributed by atoms with Gasteiger partial charge in [0.05, 0.1) is 0 Å². The standard InChI is InChI=1S/Cu.H3N.H2O4S/c;;1-5(2,3)4/h;1H3;(H2,1,2,3,4)/q+2;;/p-2. The number of hydrogen-bond donors (Lipinski definition) is 1. The van der Waals surface area contributed by atoms with E-state index in [1.807, 2.05) is 0 Å². The molecule has 0 saturated carbocycles. The normalized spacial score (nSPS) is 8.29. The van der Waals surface area contributed by atoms with E-state index in [0.29, 0.717) is 0 Å². The van der Waals surface area contributed by atoms with Crippen LogP contribution in [0.4, 0.5) is 0 Å². The largest absolute Gasteiger partial charge is 2.00 e. The molecule has 0 fully saturated rings. The first-order valence-corrected chi connectivity index (χ1v) is 2.00. The monoisotopic (exact) mass is 176 g/mol. The Balaban J connectivity index is -0.0000000800. The second-order valence-electron chi connectivity index (χ2n) is 0.408. The van der Waals surface area contributed by atoms with E-state index in [0.717, 1.165) is 0 Å². The molecular formula is H3CuNO4S. The summed E-state index contributed by atoms with van der Waals surface area (Å²) >= 11 is 0. The van der Waals surface area contributed by atoms with Crippen molar-refractivity contribution in [2.75, 3.05) is 0 Å². The Morgan fingerprint density at radius 2 is 1.14 bits per heavy atom. The van der Waals surface area contributed by atoms with Gasteiger partial charge in [0.25, 0.3) is 0 Å². The minimum atomic E-state index is -5.17. The van der Waals surface area contributed by atoms with Crippen molar-refractivity contribution in [2.24, 2.45) is 0 Å². The van der Waals surface area contributed by atoms with Gasteiger partial charge >= 0.3 is 17.1 Å². The van der Waals surface area contributed by atoms with E-state index >= 15 is 0 Å². The first kappa shape index (κ1) is 15.7. The number of rotatable bonds is 0. The van der Waals surface area contributed by atoms with Gasteiger partial charge < -0.3 is 15.3 Å². The van der Waals surface area contributed by atoms with E-state index in [9.17, 15) is 0 Å². The van der Waals surface area contributed by atoms with Crippen LogP contribution in [0.15, 0.2) is 0 Å². The quantitative estimate of drug-likeness (QED) is 0.283. The van der Waals surface area contributed by atoms with Gasteiger partial charge in [0.1, 0.15) is 0 Å². The van der Waals surface area contributed by atoms with Crippen molar-refractivity contribution in [1.29, 1.82) is 0 Å². The maximum Gasteiger partial charge on any atom is 2.00 e. The Morgan fingerprint density at radius 1 is 1.14 bits per heavy atom. The van der Waals surface area contributed by atoms with Crippen molar-refractivity contribution >= 4 is 10.4 Å². The Hall–Kier alpha value is 0.349. The van der Waals surface area contributed by atoms with Gasteiger partial charge in [0, 0.05) is 10.4 Å². The summed E-state index contributed by atoms with van der Waals surface area (Å²) in [5.74, 6) is 0. The Morgan fingerprint density at radius 3 is 1.14 bits per heavy atom. The van der Waals surface area contributed by atoms with Crippen LogP contribution in [-0.4, -0.2) is 17.5 Å². The van der Waals surface area contributed by atoms with E-state index in [2.05, 4.69) is 0 Å². The van der Waals surface area contributed by atoms with Gasteiger partial charge in [-0.25, -0.2) is 0 Å². The zero-order chi connectivity index (χ0) is 4.50. The zero-order valence-corrected chi connectivity index (χ0v) is 4.81. The van der Waals surface area contributed by atoms with Gasteiger partial charge in [-0.05, 0) is 0 Å². The zero-order valence-electron chi connectivity index (χ0n) is 3.05. The molecular weight excluding hydrogens is 174 g/mol. The molecule has 0 aromatic carbocycles. The van der Waals surface area contributed by atoms with Gasteiger partial charge in [-0.2, -0.15) is 0 Å².